The van der Waals surface area contributed by atoms with Gasteiger partial charge in [0.25, 0.3) is 5.89 Å². The SMILES string of the molecule is Cc1ccc(C)c(-c2nc([C@@H]3CCCN3)no2)c1. The Balaban J connectivity index is 1.94. The van der Waals surface area contributed by atoms with Crippen LogP contribution >= 0.6 is 0 Å². The smallest absolute Gasteiger partial charge is 0.258 e. The van der Waals surface area contributed by atoms with Crippen molar-refractivity contribution in [2.24, 2.45) is 0 Å². The highest BCUT2D eigenvalue weighted by Gasteiger charge is 2.22. The Hall–Kier alpha value is -1.68. The van der Waals surface area contributed by atoms with Crippen molar-refractivity contribution in [3.8, 4) is 11.5 Å². The zero-order valence-corrected chi connectivity index (χ0v) is 10.7. The first-order chi connectivity index (χ1) is 8.74. The van der Waals surface area contributed by atoms with Crippen molar-refractivity contribution in [1.29, 1.82) is 0 Å². The Morgan fingerprint density at radius 3 is 3.00 bits per heavy atom. The Kier molecular flexibility index (Phi) is 2.88. The van der Waals surface area contributed by atoms with Gasteiger partial charge in [-0.15, -0.1) is 0 Å². The van der Waals surface area contributed by atoms with Crippen molar-refractivity contribution in [2.45, 2.75) is 32.7 Å². The van der Waals surface area contributed by atoms with Crippen LogP contribution in [-0.2, 0) is 0 Å². The summed E-state index contributed by atoms with van der Waals surface area (Å²) >= 11 is 0. The van der Waals surface area contributed by atoms with Gasteiger partial charge in [0, 0.05) is 5.56 Å². The summed E-state index contributed by atoms with van der Waals surface area (Å²) in [6.45, 7) is 5.17. The fourth-order valence-electron chi connectivity index (χ4n) is 2.36. The summed E-state index contributed by atoms with van der Waals surface area (Å²) in [6.07, 6.45) is 2.27. The molecule has 1 aliphatic rings. The first-order valence-electron chi connectivity index (χ1n) is 6.38. The molecule has 2 aromatic rings. The van der Waals surface area contributed by atoms with E-state index < -0.39 is 0 Å². The lowest BCUT2D eigenvalue weighted by Crippen LogP contribution is -2.14. The molecule has 1 aromatic carbocycles. The molecule has 0 saturated carbocycles. The molecule has 1 N–H and O–H groups in total. The Morgan fingerprint density at radius 2 is 2.22 bits per heavy atom. The van der Waals surface area contributed by atoms with Gasteiger partial charge in [-0.25, -0.2) is 0 Å². The lowest BCUT2D eigenvalue weighted by molar-refractivity contribution is 0.412. The highest BCUT2D eigenvalue weighted by atomic mass is 16.5. The van der Waals surface area contributed by atoms with E-state index in [2.05, 4.69) is 47.5 Å². The maximum atomic E-state index is 5.40. The molecule has 1 fully saturated rings. The number of aromatic nitrogens is 2. The molecule has 1 aromatic heterocycles. The van der Waals surface area contributed by atoms with E-state index >= 15 is 0 Å². The second-order valence-corrected chi connectivity index (χ2v) is 4.93. The van der Waals surface area contributed by atoms with Gasteiger partial charge in [-0.3, -0.25) is 0 Å². The molecule has 1 atom stereocenters. The number of hydrogen-bond acceptors (Lipinski definition) is 4. The fourth-order valence-corrected chi connectivity index (χ4v) is 2.36. The summed E-state index contributed by atoms with van der Waals surface area (Å²) in [7, 11) is 0. The molecule has 0 spiro atoms. The summed E-state index contributed by atoms with van der Waals surface area (Å²) in [5.74, 6) is 1.41. The minimum Gasteiger partial charge on any atom is -0.334 e. The zero-order chi connectivity index (χ0) is 12.5. The summed E-state index contributed by atoms with van der Waals surface area (Å²) in [6, 6.07) is 6.53. The van der Waals surface area contributed by atoms with E-state index in [1.807, 2.05) is 0 Å². The van der Waals surface area contributed by atoms with E-state index in [1.165, 1.54) is 12.0 Å². The van der Waals surface area contributed by atoms with Crippen LogP contribution in [0.5, 0.6) is 0 Å². The molecule has 4 nitrogen and oxygen atoms in total. The Morgan fingerprint density at radius 1 is 1.33 bits per heavy atom. The maximum absolute atomic E-state index is 5.40. The van der Waals surface area contributed by atoms with E-state index in [9.17, 15) is 0 Å². The Labute approximate surface area is 106 Å². The number of nitrogens with zero attached hydrogens (tertiary/aromatic N) is 2. The zero-order valence-electron chi connectivity index (χ0n) is 10.7. The van der Waals surface area contributed by atoms with Gasteiger partial charge < -0.3 is 9.84 Å². The van der Waals surface area contributed by atoms with Crippen LogP contribution in [0.2, 0.25) is 0 Å². The average Bonchev–Trinajstić information content (AvgIpc) is 3.00. The molecule has 0 unspecified atom stereocenters. The largest absolute Gasteiger partial charge is 0.334 e. The molecule has 3 rings (SSSR count). The minimum absolute atomic E-state index is 0.257. The third kappa shape index (κ3) is 2.04. The van der Waals surface area contributed by atoms with Crippen LogP contribution in [0.15, 0.2) is 22.7 Å². The normalized spacial score (nSPS) is 19.3. The molecule has 1 aliphatic heterocycles. The molecule has 18 heavy (non-hydrogen) atoms. The first-order valence-corrected chi connectivity index (χ1v) is 6.38. The summed E-state index contributed by atoms with van der Waals surface area (Å²) in [4.78, 5) is 4.52. The van der Waals surface area contributed by atoms with Crippen LogP contribution in [-0.4, -0.2) is 16.7 Å². The molecule has 0 aliphatic carbocycles. The van der Waals surface area contributed by atoms with Crippen molar-refractivity contribution in [3.63, 3.8) is 0 Å². The number of nitrogens with one attached hydrogen (secondary N) is 1. The van der Waals surface area contributed by atoms with Gasteiger partial charge in [0.1, 0.15) is 0 Å². The van der Waals surface area contributed by atoms with Gasteiger partial charge >= 0.3 is 0 Å². The van der Waals surface area contributed by atoms with Crippen molar-refractivity contribution < 1.29 is 4.52 Å². The topological polar surface area (TPSA) is 51.0 Å². The number of aryl methyl sites for hydroxylation is 2. The maximum Gasteiger partial charge on any atom is 0.258 e. The molecular formula is C14H17N3O. The second-order valence-electron chi connectivity index (χ2n) is 4.93. The minimum atomic E-state index is 0.257. The third-order valence-electron chi connectivity index (χ3n) is 3.44. The van der Waals surface area contributed by atoms with Crippen molar-refractivity contribution >= 4 is 0 Å². The van der Waals surface area contributed by atoms with Gasteiger partial charge in [-0.1, -0.05) is 22.9 Å². The summed E-state index contributed by atoms with van der Waals surface area (Å²) in [5, 5.41) is 7.48. The lowest BCUT2D eigenvalue weighted by Gasteiger charge is -2.03. The second kappa shape index (κ2) is 4.53. The molecule has 2 heterocycles. The molecule has 0 radical (unpaired) electrons. The molecule has 0 bridgehead atoms. The summed E-state index contributed by atoms with van der Waals surface area (Å²) in [5.41, 5.74) is 3.40. The number of benzene rings is 1. The van der Waals surface area contributed by atoms with Crippen LogP contribution in [0.4, 0.5) is 0 Å². The standard InChI is InChI=1S/C14H17N3O/c1-9-5-6-10(2)11(8-9)14-16-13(17-18-14)12-4-3-7-15-12/h5-6,8,12,15H,3-4,7H2,1-2H3/t12-/m0/s1. The van der Waals surface area contributed by atoms with Crippen LogP contribution < -0.4 is 5.32 Å². The quantitative estimate of drug-likeness (QED) is 0.881. The first kappa shape index (κ1) is 11.4. The lowest BCUT2D eigenvalue weighted by atomic mass is 10.1. The third-order valence-corrected chi connectivity index (χ3v) is 3.44. The van der Waals surface area contributed by atoms with E-state index in [0.717, 1.165) is 29.9 Å². The van der Waals surface area contributed by atoms with Crippen LogP contribution in [0.25, 0.3) is 11.5 Å². The van der Waals surface area contributed by atoms with Crippen molar-refractivity contribution in [3.05, 3.63) is 35.2 Å². The average molecular weight is 243 g/mol. The van der Waals surface area contributed by atoms with Crippen molar-refractivity contribution in [2.75, 3.05) is 6.54 Å². The van der Waals surface area contributed by atoms with Gasteiger partial charge in [-0.2, -0.15) is 4.98 Å². The molecule has 1 saturated heterocycles. The highest BCUT2D eigenvalue weighted by molar-refractivity contribution is 5.59. The number of hydrogen-bond donors (Lipinski definition) is 1. The Bertz CT molecular complexity index is 556. The fraction of sp³-hybridized carbons (Fsp3) is 0.429. The van der Waals surface area contributed by atoms with Gasteiger partial charge in [0.2, 0.25) is 0 Å². The molecule has 0 amide bonds. The predicted octanol–water partition coefficient (Wildman–Crippen LogP) is 2.78. The molecular weight excluding hydrogens is 226 g/mol. The van der Waals surface area contributed by atoms with E-state index in [0.29, 0.717) is 5.89 Å². The predicted molar refractivity (Wildman–Crippen MR) is 69.2 cm³/mol. The molecule has 94 valence electrons. The van der Waals surface area contributed by atoms with Gasteiger partial charge in [0.15, 0.2) is 5.82 Å². The van der Waals surface area contributed by atoms with Crippen LogP contribution in [0.1, 0.15) is 35.8 Å². The monoisotopic (exact) mass is 243 g/mol. The number of rotatable bonds is 2. The van der Waals surface area contributed by atoms with Gasteiger partial charge in [-0.05, 0) is 44.9 Å². The molecule has 4 heteroatoms. The van der Waals surface area contributed by atoms with Crippen LogP contribution in [0, 0.1) is 13.8 Å². The van der Waals surface area contributed by atoms with E-state index in [-0.39, 0.29) is 6.04 Å². The van der Waals surface area contributed by atoms with E-state index in [1.54, 1.807) is 0 Å². The van der Waals surface area contributed by atoms with Gasteiger partial charge in [0.05, 0.1) is 6.04 Å². The highest BCUT2D eigenvalue weighted by Crippen LogP contribution is 2.26. The van der Waals surface area contributed by atoms with Crippen LogP contribution in [0.3, 0.4) is 0 Å². The van der Waals surface area contributed by atoms with Crippen molar-refractivity contribution in [1.82, 2.24) is 15.5 Å². The summed E-state index contributed by atoms with van der Waals surface area (Å²) < 4.78 is 5.40. The van der Waals surface area contributed by atoms with E-state index in [4.69, 9.17) is 4.52 Å².